The van der Waals surface area contributed by atoms with Gasteiger partial charge in [0, 0.05) is 43.1 Å². The Morgan fingerprint density at radius 3 is 2.89 bits per heavy atom. The molecule has 5 heteroatoms. The maximum atomic E-state index is 5.64. The number of nitrogens with two attached hydrogens (primary N) is 1. The van der Waals surface area contributed by atoms with Crippen LogP contribution in [0.15, 0.2) is 6.20 Å². The molecule has 1 fully saturated rings. The second-order valence-electron chi connectivity index (χ2n) is 5.19. The summed E-state index contributed by atoms with van der Waals surface area (Å²) in [6, 6.07) is 0.594. The number of anilines is 1. The summed E-state index contributed by atoms with van der Waals surface area (Å²) in [5, 5.41) is 0. The van der Waals surface area contributed by atoms with Crippen molar-refractivity contribution < 1.29 is 0 Å². The standard InChI is InChI=1S/C13H23N5/c1-10-11(7-14)8-15-13(16-10)18-6-4-5-12(9-18)17(2)3/h8,12H,4-7,9,14H2,1-3H3. The smallest absolute Gasteiger partial charge is 0.225 e. The van der Waals surface area contributed by atoms with Gasteiger partial charge < -0.3 is 15.5 Å². The van der Waals surface area contributed by atoms with Gasteiger partial charge in [0.1, 0.15) is 0 Å². The highest BCUT2D eigenvalue weighted by atomic mass is 15.3. The van der Waals surface area contributed by atoms with E-state index >= 15 is 0 Å². The Bertz CT molecular complexity index is 404. The minimum Gasteiger partial charge on any atom is -0.339 e. The van der Waals surface area contributed by atoms with Crippen molar-refractivity contribution >= 4 is 5.95 Å². The molecule has 0 bridgehead atoms. The van der Waals surface area contributed by atoms with Gasteiger partial charge in [0.25, 0.3) is 0 Å². The molecule has 0 amide bonds. The third-order valence-corrected chi connectivity index (χ3v) is 3.70. The predicted octanol–water partition coefficient (Wildman–Crippen LogP) is 0.774. The Balaban J connectivity index is 2.13. The quantitative estimate of drug-likeness (QED) is 0.857. The van der Waals surface area contributed by atoms with Gasteiger partial charge in [-0.15, -0.1) is 0 Å². The van der Waals surface area contributed by atoms with Gasteiger partial charge in [0.15, 0.2) is 0 Å². The Kier molecular flexibility index (Phi) is 4.14. The highest BCUT2D eigenvalue weighted by Gasteiger charge is 2.23. The first kappa shape index (κ1) is 13.2. The average Bonchev–Trinajstić information content (AvgIpc) is 2.38. The zero-order valence-electron chi connectivity index (χ0n) is 11.6. The number of likely N-dealkylation sites (N-methyl/N-ethyl adjacent to an activating group) is 1. The van der Waals surface area contributed by atoms with E-state index in [2.05, 4.69) is 33.9 Å². The number of piperidine rings is 1. The fraction of sp³-hybridized carbons (Fsp3) is 0.692. The number of aryl methyl sites for hydroxylation is 1. The SMILES string of the molecule is Cc1nc(N2CCCC(N(C)C)C2)ncc1CN. The fourth-order valence-electron chi connectivity index (χ4n) is 2.39. The van der Waals surface area contributed by atoms with Crippen LogP contribution in [-0.2, 0) is 6.54 Å². The molecule has 1 aliphatic rings. The van der Waals surface area contributed by atoms with Crippen molar-refractivity contribution in [2.75, 3.05) is 32.1 Å². The first-order valence-corrected chi connectivity index (χ1v) is 6.55. The first-order chi connectivity index (χ1) is 8.61. The molecule has 0 spiro atoms. The number of hydrogen-bond donors (Lipinski definition) is 1. The number of rotatable bonds is 3. The molecule has 1 aliphatic heterocycles. The molecule has 2 heterocycles. The minimum absolute atomic E-state index is 0.506. The van der Waals surface area contributed by atoms with Gasteiger partial charge in [-0.05, 0) is 33.9 Å². The van der Waals surface area contributed by atoms with Crippen molar-refractivity contribution in [3.8, 4) is 0 Å². The van der Waals surface area contributed by atoms with E-state index in [-0.39, 0.29) is 0 Å². The maximum Gasteiger partial charge on any atom is 0.225 e. The van der Waals surface area contributed by atoms with Crippen LogP contribution in [0.1, 0.15) is 24.1 Å². The van der Waals surface area contributed by atoms with Crippen LogP contribution < -0.4 is 10.6 Å². The van der Waals surface area contributed by atoms with E-state index in [1.807, 2.05) is 13.1 Å². The Morgan fingerprint density at radius 1 is 1.50 bits per heavy atom. The molecule has 1 aromatic rings. The molecule has 1 unspecified atom stereocenters. The van der Waals surface area contributed by atoms with Crippen LogP contribution in [0, 0.1) is 6.92 Å². The molecular formula is C13H23N5. The zero-order valence-corrected chi connectivity index (χ0v) is 11.6. The van der Waals surface area contributed by atoms with Gasteiger partial charge in [0.2, 0.25) is 5.95 Å². The van der Waals surface area contributed by atoms with Crippen LogP contribution in [-0.4, -0.2) is 48.1 Å². The van der Waals surface area contributed by atoms with Gasteiger partial charge >= 0.3 is 0 Å². The summed E-state index contributed by atoms with van der Waals surface area (Å²) in [5.41, 5.74) is 7.66. The lowest BCUT2D eigenvalue weighted by atomic mass is 10.1. The molecule has 2 N–H and O–H groups in total. The predicted molar refractivity (Wildman–Crippen MR) is 73.6 cm³/mol. The molecule has 18 heavy (non-hydrogen) atoms. The van der Waals surface area contributed by atoms with Crippen LogP contribution in [0.3, 0.4) is 0 Å². The second kappa shape index (κ2) is 5.63. The Labute approximate surface area is 109 Å². The summed E-state index contributed by atoms with van der Waals surface area (Å²) >= 11 is 0. The Hall–Kier alpha value is -1.20. The number of hydrogen-bond acceptors (Lipinski definition) is 5. The zero-order chi connectivity index (χ0) is 13.1. The van der Waals surface area contributed by atoms with E-state index in [0.29, 0.717) is 12.6 Å². The van der Waals surface area contributed by atoms with Crippen molar-refractivity contribution in [2.24, 2.45) is 5.73 Å². The van der Waals surface area contributed by atoms with Crippen LogP contribution in [0.25, 0.3) is 0 Å². The maximum absolute atomic E-state index is 5.64. The third kappa shape index (κ3) is 2.79. The molecule has 1 atom stereocenters. The summed E-state index contributed by atoms with van der Waals surface area (Å²) in [6.45, 7) is 4.56. The average molecular weight is 249 g/mol. The van der Waals surface area contributed by atoms with Crippen molar-refractivity contribution in [1.82, 2.24) is 14.9 Å². The van der Waals surface area contributed by atoms with E-state index in [9.17, 15) is 0 Å². The molecule has 0 aromatic carbocycles. The summed E-state index contributed by atoms with van der Waals surface area (Å²) in [6.07, 6.45) is 4.31. The lowest BCUT2D eigenvalue weighted by Gasteiger charge is -2.36. The first-order valence-electron chi connectivity index (χ1n) is 6.55. The fourth-order valence-corrected chi connectivity index (χ4v) is 2.39. The van der Waals surface area contributed by atoms with E-state index in [1.54, 1.807) is 0 Å². The minimum atomic E-state index is 0.506. The van der Waals surface area contributed by atoms with Crippen molar-refractivity contribution in [3.63, 3.8) is 0 Å². The Morgan fingerprint density at radius 2 is 2.28 bits per heavy atom. The summed E-state index contributed by atoms with van der Waals surface area (Å²) in [7, 11) is 4.27. The third-order valence-electron chi connectivity index (χ3n) is 3.70. The van der Waals surface area contributed by atoms with Gasteiger partial charge in [0.05, 0.1) is 0 Å². The molecule has 100 valence electrons. The number of aromatic nitrogens is 2. The van der Waals surface area contributed by atoms with Crippen LogP contribution in [0.2, 0.25) is 0 Å². The summed E-state index contributed by atoms with van der Waals surface area (Å²) in [4.78, 5) is 13.6. The lowest BCUT2D eigenvalue weighted by Crippen LogP contribution is -2.45. The molecule has 2 rings (SSSR count). The van der Waals surface area contributed by atoms with Crippen molar-refractivity contribution in [1.29, 1.82) is 0 Å². The molecule has 0 aliphatic carbocycles. The van der Waals surface area contributed by atoms with Crippen molar-refractivity contribution in [2.45, 2.75) is 32.4 Å². The largest absolute Gasteiger partial charge is 0.339 e. The van der Waals surface area contributed by atoms with Crippen LogP contribution in [0.5, 0.6) is 0 Å². The molecule has 1 aromatic heterocycles. The summed E-state index contributed by atoms with van der Waals surface area (Å²) < 4.78 is 0. The second-order valence-corrected chi connectivity index (χ2v) is 5.19. The monoisotopic (exact) mass is 249 g/mol. The molecule has 1 saturated heterocycles. The molecule has 5 nitrogen and oxygen atoms in total. The van der Waals surface area contributed by atoms with E-state index < -0.39 is 0 Å². The summed E-state index contributed by atoms with van der Waals surface area (Å²) in [5.74, 6) is 0.844. The van der Waals surface area contributed by atoms with E-state index in [1.165, 1.54) is 12.8 Å². The van der Waals surface area contributed by atoms with Gasteiger partial charge in [-0.1, -0.05) is 0 Å². The highest BCUT2D eigenvalue weighted by molar-refractivity contribution is 5.33. The topological polar surface area (TPSA) is 58.3 Å². The molecular weight excluding hydrogens is 226 g/mol. The number of nitrogens with zero attached hydrogens (tertiary/aromatic N) is 4. The van der Waals surface area contributed by atoms with Crippen molar-refractivity contribution in [3.05, 3.63) is 17.5 Å². The van der Waals surface area contributed by atoms with Crippen LogP contribution >= 0.6 is 0 Å². The normalized spacial score (nSPS) is 20.5. The molecule has 0 saturated carbocycles. The van der Waals surface area contributed by atoms with E-state index in [4.69, 9.17) is 5.73 Å². The molecule has 0 radical (unpaired) electrons. The highest BCUT2D eigenvalue weighted by Crippen LogP contribution is 2.19. The van der Waals surface area contributed by atoms with E-state index in [0.717, 1.165) is 30.3 Å². The van der Waals surface area contributed by atoms with Gasteiger partial charge in [-0.3, -0.25) is 0 Å². The van der Waals surface area contributed by atoms with Gasteiger partial charge in [-0.2, -0.15) is 0 Å². The lowest BCUT2D eigenvalue weighted by molar-refractivity contribution is 0.257. The van der Waals surface area contributed by atoms with Crippen LogP contribution in [0.4, 0.5) is 5.95 Å². The van der Waals surface area contributed by atoms with Gasteiger partial charge in [-0.25, -0.2) is 9.97 Å².